The Hall–Kier alpha value is -2.01. The average Bonchev–Trinajstić information content (AvgIpc) is 3.50. The van der Waals surface area contributed by atoms with Crippen LogP contribution in [0.2, 0.25) is 0 Å². The molecule has 0 spiro atoms. The van der Waals surface area contributed by atoms with Gasteiger partial charge in [0, 0.05) is 32.2 Å². The van der Waals surface area contributed by atoms with Crippen LogP contribution in [0.25, 0.3) is 0 Å². The van der Waals surface area contributed by atoms with E-state index in [1.807, 2.05) is 35.7 Å². The van der Waals surface area contributed by atoms with Gasteiger partial charge >= 0.3 is 0 Å². The number of carbonyl (C=O) groups excluding carboxylic acids is 1. The van der Waals surface area contributed by atoms with Crippen LogP contribution in [0.3, 0.4) is 0 Å². The summed E-state index contributed by atoms with van der Waals surface area (Å²) in [4.78, 5) is 17.0. The summed E-state index contributed by atoms with van der Waals surface area (Å²) < 4.78 is 11.8. The van der Waals surface area contributed by atoms with Crippen molar-refractivity contribution in [2.75, 3.05) is 27.2 Å². The Balaban J connectivity index is 0.00000363. The molecule has 7 nitrogen and oxygen atoms in total. The first-order chi connectivity index (χ1) is 15.2. The number of rotatable bonds is 10. The minimum Gasteiger partial charge on any atom is -0.493 e. The Bertz CT molecular complexity index is 855. The summed E-state index contributed by atoms with van der Waals surface area (Å²) in [7, 11) is 3.42. The number of methoxy groups -OCH3 is 1. The third-order valence-electron chi connectivity index (χ3n) is 5.21. The molecule has 3 rings (SSSR count). The molecule has 1 aliphatic rings. The molecule has 1 heterocycles. The van der Waals surface area contributed by atoms with Crippen LogP contribution in [0.4, 0.5) is 0 Å². The highest BCUT2D eigenvalue weighted by molar-refractivity contribution is 14.0. The molecule has 9 heteroatoms. The van der Waals surface area contributed by atoms with Gasteiger partial charge in [-0.05, 0) is 49.6 Å². The maximum Gasteiger partial charge on any atom is 0.261 e. The van der Waals surface area contributed by atoms with E-state index in [4.69, 9.17) is 9.47 Å². The highest BCUT2D eigenvalue weighted by Crippen LogP contribution is 2.34. The first-order valence-corrected chi connectivity index (χ1v) is 11.7. The van der Waals surface area contributed by atoms with Gasteiger partial charge in [-0.25, -0.2) is 0 Å². The van der Waals surface area contributed by atoms with Crippen molar-refractivity contribution in [3.8, 4) is 11.5 Å². The number of aliphatic imine (C=N–C) groups is 1. The van der Waals surface area contributed by atoms with Gasteiger partial charge in [0.1, 0.15) is 0 Å². The smallest absolute Gasteiger partial charge is 0.261 e. The fourth-order valence-electron chi connectivity index (χ4n) is 3.56. The normalized spacial score (nSPS) is 13.9. The van der Waals surface area contributed by atoms with E-state index < -0.39 is 0 Å². The van der Waals surface area contributed by atoms with Crippen molar-refractivity contribution in [1.29, 1.82) is 0 Å². The van der Waals surface area contributed by atoms with Crippen molar-refractivity contribution in [3.63, 3.8) is 0 Å². The number of benzene rings is 1. The number of nitrogens with zero attached hydrogens (tertiary/aromatic N) is 1. The molecule has 1 fully saturated rings. The number of amides is 1. The lowest BCUT2D eigenvalue weighted by molar-refractivity contribution is 0.0957. The van der Waals surface area contributed by atoms with Gasteiger partial charge in [-0.2, -0.15) is 0 Å². The second-order valence-electron chi connectivity index (χ2n) is 7.41. The number of hydrogen-bond acceptors (Lipinski definition) is 5. The van der Waals surface area contributed by atoms with E-state index in [9.17, 15) is 4.79 Å². The molecular weight excluding hydrogens is 539 g/mol. The predicted octanol–water partition coefficient (Wildman–Crippen LogP) is 4.18. The third kappa shape index (κ3) is 7.84. The number of carbonyl (C=O) groups is 1. The van der Waals surface area contributed by atoms with E-state index in [2.05, 4.69) is 20.9 Å². The molecule has 0 radical (unpaired) electrons. The molecule has 1 amide bonds. The van der Waals surface area contributed by atoms with Crippen molar-refractivity contribution in [2.45, 2.75) is 44.8 Å². The molecular formula is C23H33IN4O3S. The van der Waals surface area contributed by atoms with E-state index in [0.717, 1.165) is 41.2 Å². The van der Waals surface area contributed by atoms with Crippen molar-refractivity contribution in [2.24, 2.45) is 4.99 Å². The van der Waals surface area contributed by atoms with Crippen LogP contribution in [0.15, 0.2) is 40.7 Å². The molecule has 0 aliphatic heterocycles. The van der Waals surface area contributed by atoms with E-state index in [-0.39, 0.29) is 36.0 Å². The Kier molecular flexibility index (Phi) is 11.6. The van der Waals surface area contributed by atoms with Gasteiger partial charge in [0.15, 0.2) is 17.5 Å². The highest BCUT2D eigenvalue weighted by Gasteiger charge is 2.20. The van der Waals surface area contributed by atoms with Crippen LogP contribution < -0.4 is 25.4 Å². The number of thiophene rings is 1. The van der Waals surface area contributed by atoms with Crippen LogP contribution in [-0.2, 0) is 6.54 Å². The molecule has 32 heavy (non-hydrogen) atoms. The number of para-hydroxylation sites is 1. The first kappa shape index (κ1) is 26.2. The fraction of sp³-hybridized carbons (Fsp3) is 0.478. The maximum atomic E-state index is 11.9. The third-order valence-corrected chi connectivity index (χ3v) is 6.08. The Morgan fingerprint density at radius 1 is 1.12 bits per heavy atom. The number of hydrogen-bond donors (Lipinski definition) is 3. The van der Waals surface area contributed by atoms with Crippen LogP contribution in [0.5, 0.6) is 11.5 Å². The zero-order chi connectivity index (χ0) is 21.9. The predicted molar refractivity (Wildman–Crippen MR) is 141 cm³/mol. The molecule has 0 saturated heterocycles. The Morgan fingerprint density at radius 2 is 1.91 bits per heavy atom. The second-order valence-corrected chi connectivity index (χ2v) is 8.36. The highest BCUT2D eigenvalue weighted by atomic mass is 127. The fourth-order valence-corrected chi connectivity index (χ4v) is 4.20. The van der Waals surface area contributed by atoms with Crippen molar-refractivity contribution < 1.29 is 14.3 Å². The molecule has 2 aromatic rings. The summed E-state index contributed by atoms with van der Waals surface area (Å²) in [5.41, 5.74) is 1.04. The van der Waals surface area contributed by atoms with Crippen molar-refractivity contribution in [1.82, 2.24) is 16.0 Å². The number of nitrogens with one attached hydrogen (secondary N) is 3. The zero-order valence-corrected chi connectivity index (χ0v) is 21.8. The zero-order valence-electron chi connectivity index (χ0n) is 18.7. The topological polar surface area (TPSA) is 84.0 Å². The molecule has 3 N–H and O–H groups in total. The summed E-state index contributed by atoms with van der Waals surface area (Å²) in [6.45, 7) is 1.89. The van der Waals surface area contributed by atoms with Gasteiger partial charge < -0.3 is 25.4 Å². The molecule has 1 aromatic heterocycles. The molecule has 1 saturated carbocycles. The lowest BCUT2D eigenvalue weighted by atomic mass is 10.1. The van der Waals surface area contributed by atoms with Crippen molar-refractivity contribution >= 4 is 47.2 Å². The van der Waals surface area contributed by atoms with Gasteiger partial charge in [0.2, 0.25) is 0 Å². The number of guanidine groups is 1. The quantitative estimate of drug-likeness (QED) is 0.172. The summed E-state index contributed by atoms with van der Waals surface area (Å²) in [5, 5.41) is 11.5. The maximum absolute atomic E-state index is 11.9. The minimum absolute atomic E-state index is 0. The van der Waals surface area contributed by atoms with Gasteiger partial charge in [-0.15, -0.1) is 35.3 Å². The Labute approximate surface area is 211 Å². The van der Waals surface area contributed by atoms with Gasteiger partial charge in [0.05, 0.1) is 18.1 Å². The van der Waals surface area contributed by atoms with Crippen LogP contribution >= 0.6 is 35.3 Å². The summed E-state index contributed by atoms with van der Waals surface area (Å²) >= 11 is 1.45. The minimum atomic E-state index is -0.0228. The molecule has 0 bridgehead atoms. The van der Waals surface area contributed by atoms with Gasteiger partial charge in [-0.3, -0.25) is 9.79 Å². The lowest BCUT2D eigenvalue weighted by Gasteiger charge is -2.20. The number of ether oxygens (including phenoxy) is 2. The first-order valence-electron chi connectivity index (χ1n) is 10.8. The van der Waals surface area contributed by atoms with Crippen molar-refractivity contribution in [3.05, 3.63) is 46.2 Å². The summed E-state index contributed by atoms with van der Waals surface area (Å²) in [6.07, 6.45) is 5.69. The monoisotopic (exact) mass is 572 g/mol. The standard InChI is InChI=1S/C23H32N4O3S.HI/c1-24-23(26-14-7-13-25-22(28)20-12-6-15-31-20)27-16-17-8-5-11-19(29-2)21(17)30-18-9-3-4-10-18;/h5-6,8,11-12,15,18H,3-4,7,9-10,13-14,16H2,1-2H3,(H,25,28)(H2,24,26,27);1H. The van der Waals surface area contributed by atoms with Crippen LogP contribution in [0, 0.1) is 0 Å². The van der Waals surface area contributed by atoms with Crippen LogP contribution in [0.1, 0.15) is 47.3 Å². The SMILES string of the molecule is CN=C(NCCCNC(=O)c1cccs1)NCc1cccc(OC)c1OC1CCCC1.I. The molecule has 1 aromatic carbocycles. The van der Waals surface area contributed by atoms with E-state index in [0.29, 0.717) is 25.6 Å². The molecule has 0 atom stereocenters. The molecule has 0 unspecified atom stereocenters. The number of halogens is 1. The Morgan fingerprint density at radius 3 is 2.59 bits per heavy atom. The summed E-state index contributed by atoms with van der Waals surface area (Å²) in [6, 6.07) is 9.67. The summed E-state index contributed by atoms with van der Waals surface area (Å²) in [5.74, 6) is 2.26. The van der Waals surface area contributed by atoms with Gasteiger partial charge in [-0.1, -0.05) is 18.2 Å². The van der Waals surface area contributed by atoms with E-state index in [1.165, 1.54) is 24.2 Å². The van der Waals surface area contributed by atoms with E-state index in [1.54, 1.807) is 14.2 Å². The lowest BCUT2D eigenvalue weighted by Crippen LogP contribution is -2.38. The molecule has 176 valence electrons. The average molecular weight is 573 g/mol. The van der Waals surface area contributed by atoms with Crippen LogP contribution in [-0.4, -0.2) is 45.2 Å². The van der Waals surface area contributed by atoms with Gasteiger partial charge in [0.25, 0.3) is 5.91 Å². The van der Waals surface area contributed by atoms with E-state index >= 15 is 0 Å². The second kappa shape index (κ2) is 14.2. The molecule has 1 aliphatic carbocycles. The largest absolute Gasteiger partial charge is 0.493 e.